The molecule has 0 aliphatic carbocycles. The summed E-state index contributed by atoms with van der Waals surface area (Å²) in [6.45, 7) is -0.314. The van der Waals surface area contributed by atoms with Crippen molar-refractivity contribution in [2.45, 2.75) is 18.4 Å². The molecule has 170 valence electrons. The monoisotopic (exact) mass is 471 g/mol. The number of rotatable bonds is 4. The average Bonchev–Trinajstić information content (AvgIpc) is 3.35. The van der Waals surface area contributed by atoms with Gasteiger partial charge in [-0.3, -0.25) is 4.79 Å². The molecule has 1 saturated heterocycles. The number of hydrogen-bond donors (Lipinski definition) is 0. The molecule has 2 aromatic heterocycles. The Morgan fingerprint density at radius 1 is 1.03 bits per heavy atom. The summed E-state index contributed by atoms with van der Waals surface area (Å²) >= 11 is 0. The molecule has 0 radical (unpaired) electrons. The van der Waals surface area contributed by atoms with Crippen molar-refractivity contribution in [2.24, 2.45) is 0 Å². The van der Waals surface area contributed by atoms with Crippen molar-refractivity contribution in [3.63, 3.8) is 0 Å². The maximum Gasteiger partial charge on any atom is 0.287 e. The second-order valence-electron chi connectivity index (χ2n) is 7.58. The zero-order valence-corrected chi connectivity index (χ0v) is 18.2. The molecule has 2 aromatic carbocycles. The van der Waals surface area contributed by atoms with Gasteiger partial charge in [0.1, 0.15) is 0 Å². The molecule has 0 unspecified atom stereocenters. The van der Waals surface area contributed by atoms with Gasteiger partial charge in [0.2, 0.25) is 5.88 Å². The van der Waals surface area contributed by atoms with E-state index in [0.29, 0.717) is 16.8 Å². The molecule has 33 heavy (non-hydrogen) atoms. The summed E-state index contributed by atoms with van der Waals surface area (Å²) in [5, 5.41) is 8.99. The van der Waals surface area contributed by atoms with Crippen molar-refractivity contribution in [1.29, 1.82) is 0 Å². The molecule has 3 heterocycles. The average molecular weight is 472 g/mol. The number of ether oxygens (including phenoxy) is 1. The fourth-order valence-electron chi connectivity index (χ4n) is 3.73. The molecule has 0 N–H and O–H groups in total. The quantitative estimate of drug-likeness (QED) is 0.447. The Balaban J connectivity index is 0.00000259. The van der Waals surface area contributed by atoms with E-state index in [2.05, 4.69) is 15.2 Å². The summed E-state index contributed by atoms with van der Waals surface area (Å²) in [5.41, 5.74) is 1.63. The van der Waals surface area contributed by atoms with E-state index in [4.69, 9.17) is 4.74 Å². The smallest absolute Gasteiger partial charge is 0.287 e. The van der Waals surface area contributed by atoms with Gasteiger partial charge in [0.25, 0.3) is 11.8 Å². The van der Waals surface area contributed by atoms with Gasteiger partial charge in [-0.05, 0) is 30.3 Å². The van der Waals surface area contributed by atoms with Gasteiger partial charge in [-0.1, -0.05) is 24.3 Å². The third-order valence-corrected chi connectivity index (χ3v) is 5.44. The topological polar surface area (TPSA) is 73.1 Å². The van der Waals surface area contributed by atoms with Crippen LogP contribution in [0.25, 0.3) is 16.6 Å². The first-order valence-electron chi connectivity index (χ1n) is 10.2. The fraction of sp³-hybridized carbons (Fsp3) is 0.217. The molecule has 0 saturated carbocycles. The van der Waals surface area contributed by atoms with Crippen LogP contribution in [0.2, 0.25) is 0 Å². The molecule has 1 aliphatic heterocycles. The predicted molar refractivity (Wildman–Crippen MR) is 120 cm³/mol. The Labute approximate surface area is 194 Å². The number of amides is 1. The molecule has 4 aromatic rings. The lowest BCUT2D eigenvalue weighted by Gasteiger charge is -2.38. The van der Waals surface area contributed by atoms with Crippen LogP contribution < -0.4 is 4.74 Å². The number of benzene rings is 2. The number of nitrogens with zero attached hydrogens (tertiary/aromatic N) is 5. The largest absolute Gasteiger partial charge is 0.466 e. The van der Waals surface area contributed by atoms with Crippen LogP contribution in [0.5, 0.6) is 5.88 Å². The Hall–Kier alpha value is -3.59. The maximum absolute atomic E-state index is 14.6. The minimum Gasteiger partial charge on any atom is -0.466 e. The number of pyridine rings is 1. The second kappa shape index (κ2) is 9.11. The van der Waals surface area contributed by atoms with Crippen LogP contribution in [0.4, 0.5) is 8.78 Å². The number of aromatic nitrogens is 4. The number of likely N-dealkylation sites (tertiary alicyclic amines) is 1. The van der Waals surface area contributed by atoms with Crippen molar-refractivity contribution in [3.8, 4) is 11.6 Å². The molecule has 10 heteroatoms. The number of carbonyl (C=O) groups is 1. The van der Waals surface area contributed by atoms with Gasteiger partial charge >= 0.3 is 0 Å². The number of hydrogen-bond acceptors (Lipinski definition) is 5. The molecule has 1 atom stereocenters. The van der Waals surface area contributed by atoms with E-state index in [9.17, 15) is 13.6 Å². The first-order chi connectivity index (χ1) is 15.5. The Morgan fingerprint density at radius 3 is 2.64 bits per heavy atom. The summed E-state index contributed by atoms with van der Waals surface area (Å²) in [4.78, 5) is 20.2. The highest BCUT2D eigenvalue weighted by Crippen LogP contribution is 2.32. The van der Waals surface area contributed by atoms with Crippen molar-refractivity contribution in [3.05, 3.63) is 78.6 Å². The van der Waals surface area contributed by atoms with Crippen LogP contribution in [-0.2, 0) is 0 Å². The van der Waals surface area contributed by atoms with E-state index in [0.717, 1.165) is 5.39 Å². The lowest BCUT2D eigenvalue weighted by Crippen LogP contribution is -2.55. The molecular weight excluding hydrogens is 452 g/mol. The van der Waals surface area contributed by atoms with E-state index in [1.165, 1.54) is 22.1 Å². The fourth-order valence-corrected chi connectivity index (χ4v) is 3.73. The van der Waals surface area contributed by atoms with Crippen molar-refractivity contribution < 1.29 is 18.3 Å². The minimum absolute atomic E-state index is 0. The van der Waals surface area contributed by atoms with E-state index < -0.39 is 18.4 Å². The molecule has 0 spiro atoms. The Kier molecular flexibility index (Phi) is 6.24. The molecule has 1 fully saturated rings. The first kappa shape index (κ1) is 22.6. The second-order valence-corrected chi connectivity index (χ2v) is 7.58. The van der Waals surface area contributed by atoms with E-state index in [1.54, 1.807) is 42.5 Å². The number of para-hydroxylation sites is 1. The lowest BCUT2D eigenvalue weighted by molar-refractivity contribution is -0.131. The van der Waals surface area contributed by atoms with E-state index in [1.807, 2.05) is 18.2 Å². The van der Waals surface area contributed by atoms with Crippen molar-refractivity contribution in [1.82, 2.24) is 24.9 Å². The van der Waals surface area contributed by atoms with Crippen LogP contribution in [-0.4, -0.2) is 55.9 Å². The zero-order chi connectivity index (χ0) is 22.1. The van der Waals surface area contributed by atoms with Crippen LogP contribution in [0.1, 0.15) is 16.8 Å². The predicted octanol–water partition coefficient (Wildman–Crippen LogP) is 4.17. The Bertz CT molecular complexity index is 1270. The normalized spacial score (nSPS) is 17.4. The highest BCUT2D eigenvalue weighted by atomic mass is 35.5. The molecule has 1 aliphatic rings. The number of halogens is 3. The number of piperidine rings is 1. The minimum atomic E-state index is -3.08. The molecular formula is C23H20ClF2N5O2. The number of carbonyl (C=O) groups excluding carboxylic acids is 1. The standard InChI is InChI=1S/C23H19F2N5O2.ClH/c24-23(25)10-13-29(22(31)17-5-3-6-18(14-17)30-26-11-12-27-30)15-20(23)32-21-9-8-16-4-1-2-7-19(16)28-21;/h1-9,11-12,14,20H,10,13,15H2;1H/t20-;/m0./s1. The van der Waals surface area contributed by atoms with Gasteiger partial charge in [-0.25, -0.2) is 13.8 Å². The highest BCUT2D eigenvalue weighted by molar-refractivity contribution is 5.94. The van der Waals surface area contributed by atoms with Gasteiger partial charge in [0.15, 0.2) is 6.10 Å². The molecule has 5 rings (SSSR count). The molecule has 7 nitrogen and oxygen atoms in total. The van der Waals surface area contributed by atoms with Crippen LogP contribution in [0.3, 0.4) is 0 Å². The SMILES string of the molecule is Cl.O=C(c1cccc(-n2nccn2)c1)N1CCC(F)(F)[C@@H](Oc2ccc3ccccc3n2)C1. The molecule has 0 bridgehead atoms. The number of fused-ring (bicyclic) bond motifs is 1. The van der Waals surface area contributed by atoms with Gasteiger partial charge in [0.05, 0.1) is 30.1 Å². The third-order valence-electron chi connectivity index (χ3n) is 5.44. The zero-order valence-electron chi connectivity index (χ0n) is 17.3. The van der Waals surface area contributed by atoms with Crippen LogP contribution in [0, 0.1) is 0 Å². The summed E-state index contributed by atoms with van der Waals surface area (Å²) in [5.74, 6) is -3.32. The van der Waals surface area contributed by atoms with Crippen LogP contribution >= 0.6 is 12.4 Å². The van der Waals surface area contributed by atoms with E-state index >= 15 is 0 Å². The van der Waals surface area contributed by atoms with E-state index in [-0.39, 0.29) is 37.3 Å². The Morgan fingerprint density at radius 2 is 1.82 bits per heavy atom. The lowest BCUT2D eigenvalue weighted by atomic mass is 10.0. The summed E-state index contributed by atoms with van der Waals surface area (Å²) in [6.07, 6.45) is 1.08. The van der Waals surface area contributed by atoms with Gasteiger partial charge in [-0.15, -0.1) is 12.4 Å². The summed E-state index contributed by atoms with van der Waals surface area (Å²) < 4.78 is 34.9. The van der Waals surface area contributed by atoms with Crippen LogP contribution in [0.15, 0.2) is 73.1 Å². The number of alkyl halides is 2. The molecule has 1 amide bonds. The van der Waals surface area contributed by atoms with Crippen molar-refractivity contribution >= 4 is 29.2 Å². The summed E-state index contributed by atoms with van der Waals surface area (Å²) in [6, 6.07) is 17.5. The van der Waals surface area contributed by atoms with Gasteiger partial charge < -0.3 is 9.64 Å². The van der Waals surface area contributed by atoms with Gasteiger partial charge in [-0.2, -0.15) is 15.0 Å². The van der Waals surface area contributed by atoms with Crippen molar-refractivity contribution in [2.75, 3.05) is 13.1 Å². The maximum atomic E-state index is 14.6. The first-order valence-corrected chi connectivity index (χ1v) is 10.2. The van der Waals surface area contributed by atoms with Gasteiger partial charge in [0, 0.05) is 30.0 Å². The summed E-state index contributed by atoms with van der Waals surface area (Å²) in [7, 11) is 0. The highest BCUT2D eigenvalue weighted by Gasteiger charge is 2.47. The third kappa shape index (κ3) is 4.63.